The van der Waals surface area contributed by atoms with Gasteiger partial charge in [0.2, 0.25) is 0 Å². The van der Waals surface area contributed by atoms with Gasteiger partial charge in [0.25, 0.3) is 5.88 Å². The first kappa shape index (κ1) is 17.5. The van der Waals surface area contributed by atoms with Crippen LogP contribution in [0, 0.1) is 0 Å². The number of hydrogen-bond acceptors (Lipinski definition) is 6. The molecular formula is C17H15N3O3S. The number of aromatic amines is 1. The lowest BCUT2D eigenvalue weighted by Gasteiger charge is -2.06. The maximum absolute atomic E-state index is 8.12. The van der Waals surface area contributed by atoms with Gasteiger partial charge < -0.3 is 4.74 Å². The predicted molar refractivity (Wildman–Crippen MR) is 89.4 cm³/mol. The van der Waals surface area contributed by atoms with Gasteiger partial charge in [-0.2, -0.15) is 19.9 Å². The van der Waals surface area contributed by atoms with Crippen molar-refractivity contribution in [2.24, 2.45) is 0 Å². The summed E-state index contributed by atoms with van der Waals surface area (Å²) in [4.78, 5) is 17.5. The Morgan fingerprint density at radius 2 is 1.62 bits per heavy atom. The van der Waals surface area contributed by atoms with Crippen molar-refractivity contribution in [2.45, 2.75) is 11.5 Å². The Labute approximate surface area is 143 Å². The summed E-state index contributed by atoms with van der Waals surface area (Å²) in [6.45, 7) is 0.484. The number of rotatable bonds is 5. The van der Waals surface area contributed by atoms with Crippen LogP contribution in [0.3, 0.4) is 0 Å². The summed E-state index contributed by atoms with van der Waals surface area (Å²) in [5, 5.41) is 10.1. The standard InChI is InChI=1S/C16H15N3OS.CO2/c1-21-15-8-6-14(7-9-15)13-4-2-12(3-5-13)11-20-16-10-17-19-18-16;2-1-3/h2-10H,11H2,1H3,(H,17,18,19);. The first-order chi connectivity index (χ1) is 11.8. The van der Waals surface area contributed by atoms with Gasteiger partial charge in [-0.15, -0.1) is 16.9 Å². The summed E-state index contributed by atoms with van der Waals surface area (Å²) in [6, 6.07) is 16.9. The molecular weight excluding hydrogens is 326 g/mol. The summed E-state index contributed by atoms with van der Waals surface area (Å²) in [5.74, 6) is 0.506. The molecule has 1 aromatic heterocycles. The third-order valence-corrected chi connectivity index (χ3v) is 3.90. The van der Waals surface area contributed by atoms with Crippen molar-refractivity contribution in [2.75, 3.05) is 6.26 Å². The molecule has 0 aliphatic rings. The van der Waals surface area contributed by atoms with Crippen LogP contribution < -0.4 is 4.74 Å². The Balaban J connectivity index is 0.000000647. The van der Waals surface area contributed by atoms with Crippen LogP contribution in [0.15, 0.2) is 59.6 Å². The van der Waals surface area contributed by atoms with Crippen LogP contribution in [0.25, 0.3) is 11.1 Å². The molecule has 0 spiro atoms. The second-order valence-corrected chi connectivity index (χ2v) is 5.49. The van der Waals surface area contributed by atoms with Gasteiger partial charge in [0, 0.05) is 4.90 Å². The fourth-order valence-corrected chi connectivity index (χ4v) is 2.40. The zero-order valence-electron chi connectivity index (χ0n) is 12.9. The highest BCUT2D eigenvalue weighted by molar-refractivity contribution is 7.98. The molecule has 0 aliphatic carbocycles. The van der Waals surface area contributed by atoms with E-state index < -0.39 is 0 Å². The Morgan fingerprint density at radius 1 is 1.04 bits per heavy atom. The summed E-state index contributed by atoms with van der Waals surface area (Å²) in [6.07, 6.45) is 3.89. The predicted octanol–water partition coefficient (Wildman–Crippen LogP) is 3.19. The van der Waals surface area contributed by atoms with Crippen LogP contribution in [-0.2, 0) is 16.2 Å². The molecule has 1 N–H and O–H groups in total. The van der Waals surface area contributed by atoms with Crippen molar-refractivity contribution in [3.8, 4) is 17.0 Å². The van der Waals surface area contributed by atoms with Crippen molar-refractivity contribution < 1.29 is 14.3 Å². The van der Waals surface area contributed by atoms with Crippen LogP contribution in [0.2, 0.25) is 0 Å². The molecule has 1 heterocycles. The molecule has 6 nitrogen and oxygen atoms in total. The van der Waals surface area contributed by atoms with Crippen molar-refractivity contribution in [1.82, 2.24) is 15.4 Å². The highest BCUT2D eigenvalue weighted by Gasteiger charge is 2.01. The van der Waals surface area contributed by atoms with Crippen LogP contribution in [-0.4, -0.2) is 27.8 Å². The van der Waals surface area contributed by atoms with Crippen LogP contribution in [0.5, 0.6) is 5.88 Å². The molecule has 3 rings (SSSR count). The van der Waals surface area contributed by atoms with E-state index >= 15 is 0 Å². The monoisotopic (exact) mass is 341 g/mol. The lowest BCUT2D eigenvalue weighted by molar-refractivity contribution is -0.191. The van der Waals surface area contributed by atoms with Crippen molar-refractivity contribution in [3.63, 3.8) is 0 Å². The van der Waals surface area contributed by atoms with Crippen molar-refractivity contribution >= 4 is 17.9 Å². The highest BCUT2D eigenvalue weighted by Crippen LogP contribution is 2.23. The summed E-state index contributed by atoms with van der Waals surface area (Å²) in [7, 11) is 0. The molecule has 0 fully saturated rings. The van der Waals surface area contributed by atoms with Gasteiger partial charge in [0.15, 0.2) is 0 Å². The highest BCUT2D eigenvalue weighted by atomic mass is 32.2. The van der Waals surface area contributed by atoms with E-state index in [4.69, 9.17) is 14.3 Å². The number of nitrogens with one attached hydrogen (secondary N) is 1. The zero-order chi connectivity index (χ0) is 17.2. The van der Waals surface area contributed by atoms with Crippen molar-refractivity contribution in [3.05, 3.63) is 60.3 Å². The minimum atomic E-state index is 0.250. The molecule has 0 bridgehead atoms. The number of ether oxygens (including phenoxy) is 1. The van der Waals surface area contributed by atoms with Gasteiger partial charge in [-0.05, 0) is 35.1 Å². The number of thioether (sulfide) groups is 1. The molecule has 0 unspecified atom stereocenters. The molecule has 0 amide bonds. The maximum Gasteiger partial charge on any atom is 0.373 e. The molecule has 7 heteroatoms. The average Bonchev–Trinajstić information content (AvgIpc) is 3.15. The lowest BCUT2D eigenvalue weighted by Crippen LogP contribution is -1.95. The number of benzene rings is 2. The van der Waals surface area contributed by atoms with Crippen molar-refractivity contribution in [1.29, 1.82) is 0 Å². The Bertz CT molecular complexity index is 766. The molecule has 0 saturated heterocycles. The number of hydrogen-bond donors (Lipinski definition) is 1. The topological polar surface area (TPSA) is 84.9 Å². The van der Waals surface area contributed by atoms with Crippen LogP contribution in [0.4, 0.5) is 0 Å². The number of carbonyl (C=O) groups excluding carboxylic acids is 2. The van der Waals surface area contributed by atoms with E-state index in [0.29, 0.717) is 12.5 Å². The Morgan fingerprint density at radius 3 is 2.12 bits per heavy atom. The SMILES string of the molecule is CSc1ccc(-c2ccc(COc3cn[nH]n3)cc2)cc1.O=C=O. The third-order valence-electron chi connectivity index (χ3n) is 3.16. The summed E-state index contributed by atoms with van der Waals surface area (Å²) < 4.78 is 5.50. The minimum absolute atomic E-state index is 0.250. The summed E-state index contributed by atoms with van der Waals surface area (Å²) in [5.41, 5.74) is 3.52. The van der Waals surface area contributed by atoms with Gasteiger partial charge in [-0.25, -0.2) is 0 Å². The molecule has 2 aromatic carbocycles. The van der Waals surface area contributed by atoms with Gasteiger partial charge in [-0.3, -0.25) is 0 Å². The van der Waals surface area contributed by atoms with E-state index in [1.807, 2.05) is 0 Å². The van der Waals surface area contributed by atoms with Gasteiger partial charge in [0.05, 0.1) is 0 Å². The van der Waals surface area contributed by atoms with Crippen LogP contribution in [0.1, 0.15) is 5.56 Å². The second-order valence-electron chi connectivity index (χ2n) is 4.61. The zero-order valence-corrected chi connectivity index (χ0v) is 13.7. The number of H-pyrrole nitrogens is 1. The molecule has 0 atom stereocenters. The third kappa shape index (κ3) is 5.08. The summed E-state index contributed by atoms with van der Waals surface area (Å²) >= 11 is 1.75. The maximum atomic E-state index is 8.12. The molecule has 0 saturated carbocycles. The fraction of sp³-hybridized carbons (Fsp3) is 0.118. The van der Waals surface area contributed by atoms with Gasteiger partial charge in [0.1, 0.15) is 12.8 Å². The van der Waals surface area contributed by atoms with E-state index in [2.05, 4.69) is 70.2 Å². The lowest BCUT2D eigenvalue weighted by atomic mass is 10.0. The molecule has 3 aromatic rings. The largest absolute Gasteiger partial charge is 0.471 e. The molecule has 0 aliphatic heterocycles. The van der Waals surface area contributed by atoms with Crippen LogP contribution >= 0.6 is 11.8 Å². The van der Waals surface area contributed by atoms with E-state index in [9.17, 15) is 0 Å². The van der Waals surface area contributed by atoms with Gasteiger partial charge in [-0.1, -0.05) is 36.4 Å². The Kier molecular flexibility index (Phi) is 6.76. The first-order valence-electron chi connectivity index (χ1n) is 6.98. The molecule has 122 valence electrons. The minimum Gasteiger partial charge on any atom is -0.471 e. The van der Waals surface area contributed by atoms with E-state index in [-0.39, 0.29) is 6.15 Å². The second kappa shape index (κ2) is 9.29. The normalized spacial score (nSPS) is 9.54. The smallest absolute Gasteiger partial charge is 0.373 e. The van der Waals surface area contributed by atoms with E-state index in [1.54, 1.807) is 18.0 Å². The first-order valence-corrected chi connectivity index (χ1v) is 8.20. The Hall–Kier alpha value is -2.89. The van der Waals surface area contributed by atoms with E-state index in [1.165, 1.54) is 16.0 Å². The molecule has 24 heavy (non-hydrogen) atoms. The average molecular weight is 341 g/mol. The quantitative estimate of drug-likeness (QED) is 0.717. The number of nitrogens with zero attached hydrogens (tertiary/aromatic N) is 2. The fourth-order valence-electron chi connectivity index (χ4n) is 1.99. The molecule has 0 radical (unpaired) electrons. The van der Waals surface area contributed by atoms with E-state index in [0.717, 1.165) is 5.56 Å². The number of aromatic nitrogens is 3. The van der Waals surface area contributed by atoms with Gasteiger partial charge >= 0.3 is 6.15 Å².